The Morgan fingerprint density at radius 1 is 1.12 bits per heavy atom. The molecule has 0 aliphatic rings. The van der Waals surface area contributed by atoms with Gasteiger partial charge in [-0.1, -0.05) is 6.58 Å². The minimum absolute atomic E-state index is 0.324. The molecule has 17 heavy (non-hydrogen) atoms. The molecule has 0 saturated carbocycles. The highest BCUT2D eigenvalue weighted by Crippen LogP contribution is 1.97. The third-order valence-corrected chi connectivity index (χ3v) is 3.45. The molecule has 0 aromatic rings. The number of hydrogen-bond acceptors (Lipinski definition) is 5. The van der Waals surface area contributed by atoms with Crippen molar-refractivity contribution in [3.05, 3.63) is 12.2 Å². The maximum absolute atomic E-state index is 11.0. The largest absolute Gasteiger partial charge is 0.484 e. The van der Waals surface area contributed by atoms with Crippen LogP contribution < -0.4 is 0 Å². The lowest BCUT2D eigenvalue weighted by molar-refractivity contribution is -0.139. The highest BCUT2D eigenvalue weighted by atomic mass is 28.3. The third kappa shape index (κ3) is 9.05. The highest BCUT2D eigenvalue weighted by Gasteiger charge is 2.13. The molecular weight excluding hydrogens is 240 g/mol. The molecule has 0 aliphatic carbocycles. The molecule has 0 heterocycles. The molecule has 5 nitrogen and oxygen atoms in total. The van der Waals surface area contributed by atoms with Crippen molar-refractivity contribution in [1.29, 1.82) is 0 Å². The first-order chi connectivity index (χ1) is 8.11. The summed E-state index contributed by atoms with van der Waals surface area (Å²) in [4.78, 5) is 11.0. The van der Waals surface area contributed by atoms with Crippen LogP contribution in [0.15, 0.2) is 12.2 Å². The standard InChI is InChI=1S/C11H22O5Si/c1-5-14-17(15-6-2)16-9-7-8-13-11(12)10(3)4/h17H,3,5-9H2,1-2,4H3. The van der Waals surface area contributed by atoms with Gasteiger partial charge in [0.2, 0.25) is 0 Å². The summed E-state index contributed by atoms with van der Waals surface area (Å²) < 4.78 is 21.0. The van der Waals surface area contributed by atoms with E-state index in [4.69, 9.17) is 18.0 Å². The van der Waals surface area contributed by atoms with Crippen molar-refractivity contribution < 1.29 is 22.8 Å². The van der Waals surface area contributed by atoms with Gasteiger partial charge in [0, 0.05) is 31.8 Å². The molecule has 6 heteroatoms. The topological polar surface area (TPSA) is 54.0 Å². The van der Waals surface area contributed by atoms with Crippen molar-refractivity contribution in [2.45, 2.75) is 27.2 Å². The molecule has 0 bridgehead atoms. The molecule has 0 radical (unpaired) electrons. The van der Waals surface area contributed by atoms with E-state index >= 15 is 0 Å². The van der Waals surface area contributed by atoms with Gasteiger partial charge in [-0.2, -0.15) is 0 Å². The van der Waals surface area contributed by atoms with E-state index in [9.17, 15) is 4.79 Å². The van der Waals surface area contributed by atoms with E-state index < -0.39 is 9.53 Å². The lowest BCUT2D eigenvalue weighted by Crippen LogP contribution is -2.28. The predicted octanol–water partition coefficient (Wildman–Crippen LogP) is 1.30. The first-order valence-corrected chi connectivity index (χ1v) is 7.20. The Morgan fingerprint density at radius 2 is 1.71 bits per heavy atom. The van der Waals surface area contributed by atoms with Crippen molar-refractivity contribution in [1.82, 2.24) is 0 Å². The number of ether oxygens (including phenoxy) is 1. The second-order valence-electron chi connectivity index (χ2n) is 3.34. The van der Waals surface area contributed by atoms with Gasteiger partial charge in [0.05, 0.1) is 6.61 Å². The van der Waals surface area contributed by atoms with Crippen LogP contribution in [0.2, 0.25) is 0 Å². The molecule has 0 spiro atoms. The van der Waals surface area contributed by atoms with E-state index in [1.165, 1.54) is 0 Å². The second kappa shape index (κ2) is 10.5. The maximum Gasteiger partial charge on any atom is 0.484 e. The Bertz CT molecular complexity index is 226. The quantitative estimate of drug-likeness (QED) is 0.257. The van der Waals surface area contributed by atoms with Gasteiger partial charge in [0.15, 0.2) is 0 Å². The van der Waals surface area contributed by atoms with E-state index in [1.54, 1.807) is 6.92 Å². The summed E-state index contributed by atoms with van der Waals surface area (Å²) in [5, 5.41) is 0. The number of carbonyl (C=O) groups excluding carboxylic acids is 1. The zero-order chi connectivity index (χ0) is 13.1. The fourth-order valence-corrected chi connectivity index (χ4v) is 2.14. The summed E-state index contributed by atoms with van der Waals surface area (Å²) in [5.74, 6) is -0.367. The molecule has 0 saturated heterocycles. The van der Waals surface area contributed by atoms with E-state index in [-0.39, 0.29) is 5.97 Å². The van der Waals surface area contributed by atoms with Crippen LogP contribution in [0, 0.1) is 0 Å². The van der Waals surface area contributed by atoms with Crippen LogP contribution >= 0.6 is 0 Å². The van der Waals surface area contributed by atoms with Gasteiger partial charge >= 0.3 is 15.5 Å². The van der Waals surface area contributed by atoms with Crippen LogP contribution in [0.1, 0.15) is 27.2 Å². The van der Waals surface area contributed by atoms with Gasteiger partial charge in [-0.3, -0.25) is 0 Å². The zero-order valence-electron chi connectivity index (χ0n) is 10.9. The van der Waals surface area contributed by atoms with Crippen LogP contribution in [0.3, 0.4) is 0 Å². The molecule has 0 unspecified atom stereocenters. The van der Waals surface area contributed by atoms with Crippen molar-refractivity contribution in [3.8, 4) is 0 Å². The molecule has 0 aromatic carbocycles. The first-order valence-electron chi connectivity index (χ1n) is 5.79. The van der Waals surface area contributed by atoms with Gasteiger partial charge in [-0.25, -0.2) is 4.79 Å². The number of esters is 1. The summed E-state index contributed by atoms with van der Waals surface area (Å²) in [6, 6.07) is 0. The zero-order valence-corrected chi connectivity index (χ0v) is 12.0. The van der Waals surface area contributed by atoms with E-state index in [0.717, 1.165) is 0 Å². The minimum atomic E-state index is -1.98. The van der Waals surface area contributed by atoms with Crippen LogP contribution in [-0.2, 0) is 22.8 Å². The molecule has 100 valence electrons. The summed E-state index contributed by atoms with van der Waals surface area (Å²) in [7, 11) is -1.98. The summed E-state index contributed by atoms with van der Waals surface area (Å²) in [5.41, 5.74) is 0.404. The smallest absolute Gasteiger partial charge is 0.462 e. The van der Waals surface area contributed by atoms with Gasteiger partial charge in [-0.05, 0) is 20.8 Å². The molecular formula is C11H22O5Si. The Morgan fingerprint density at radius 3 is 2.18 bits per heavy atom. The maximum atomic E-state index is 11.0. The Labute approximate surface area is 105 Å². The predicted molar refractivity (Wildman–Crippen MR) is 66.7 cm³/mol. The summed E-state index contributed by atoms with van der Waals surface area (Å²) >= 11 is 0. The summed E-state index contributed by atoms with van der Waals surface area (Å²) in [6.07, 6.45) is 0.628. The van der Waals surface area contributed by atoms with Crippen LogP contribution in [-0.4, -0.2) is 41.9 Å². The van der Waals surface area contributed by atoms with Gasteiger partial charge in [0.1, 0.15) is 0 Å². The monoisotopic (exact) mass is 262 g/mol. The molecule has 0 fully saturated rings. The molecule has 0 amide bonds. The van der Waals surface area contributed by atoms with Crippen LogP contribution in [0.5, 0.6) is 0 Å². The highest BCUT2D eigenvalue weighted by molar-refractivity contribution is 6.36. The third-order valence-electron chi connectivity index (χ3n) is 1.73. The molecule has 0 N–H and O–H groups in total. The number of hydrogen-bond donors (Lipinski definition) is 0. The Kier molecular flexibility index (Phi) is 10.0. The molecule has 0 aromatic heterocycles. The average Bonchev–Trinajstić information content (AvgIpc) is 2.28. The molecule has 0 aliphatic heterocycles. The van der Waals surface area contributed by atoms with E-state index in [0.29, 0.717) is 38.4 Å². The second-order valence-corrected chi connectivity index (χ2v) is 4.92. The molecule has 0 atom stereocenters. The Balaban J connectivity index is 3.54. The van der Waals surface area contributed by atoms with Crippen molar-refractivity contribution in [3.63, 3.8) is 0 Å². The lowest BCUT2D eigenvalue weighted by Gasteiger charge is -2.14. The van der Waals surface area contributed by atoms with Crippen molar-refractivity contribution >= 4 is 15.5 Å². The number of rotatable bonds is 10. The fraction of sp³-hybridized carbons (Fsp3) is 0.727. The molecule has 0 rings (SSSR count). The van der Waals surface area contributed by atoms with Crippen molar-refractivity contribution in [2.75, 3.05) is 26.4 Å². The SMILES string of the molecule is C=C(C)C(=O)OCCCO[SiH](OCC)OCC. The van der Waals surface area contributed by atoms with Crippen LogP contribution in [0.4, 0.5) is 0 Å². The fourth-order valence-electron chi connectivity index (χ4n) is 0.943. The summed E-state index contributed by atoms with van der Waals surface area (Å²) in [6.45, 7) is 10.9. The minimum Gasteiger partial charge on any atom is -0.462 e. The average molecular weight is 262 g/mol. The van der Waals surface area contributed by atoms with Gasteiger partial charge < -0.3 is 18.0 Å². The van der Waals surface area contributed by atoms with Gasteiger partial charge in [-0.15, -0.1) is 0 Å². The van der Waals surface area contributed by atoms with Gasteiger partial charge in [0.25, 0.3) is 0 Å². The van der Waals surface area contributed by atoms with E-state index in [2.05, 4.69) is 6.58 Å². The van der Waals surface area contributed by atoms with Crippen molar-refractivity contribution in [2.24, 2.45) is 0 Å². The van der Waals surface area contributed by atoms with E-state index in [1.807, 2.05) is 13.8 Å². The Hall–Kier alpha value is -0.693. The number of carbonyl (C=O) groups is 1. The lowest BCUT2D eigenvalue weighted by atomic mass is 10.4. The first kappa shape index (κ1) is 16.3. The normalized spacial score (nSPS) is 10.6. The van der Waals surface area contributed by atoms with Crippen LogP contribution in [0.25, 0.3) is 0 Å².